The van der Waals surface area contributed by atoms with Gasteiger partial charge in [0.1, 0.15) is 12.0 Å². The maximum Gasteiger partial charge on any atom is 0.142 e. The molecule has 3 aliphatic rings. The first kappa shape index (κ1) is 13.8. The highest BCUT2D eigenvalue weighted by molar-refractivity contribution is 6.02. The predicted octanol–water partition coefficient (Wildman–Crippen LogP) is 4.45. The molecule has 0 aromatic heterocycles. The van der Waals surface area contributed by atoms with Crippen LogP contribution in [0.25, 0.3) is 0 Å². The van der Waals surface area contributed by atoms with Gasteiger partial charge >= 0.3 is 0 Å². The van der Waals surface area contributed by atoms with Crippen LogP contribution in [-0.4, -0.2) is 10.7 Å². The first-order valence-corrected chi connectivity index (χ1v) is 8.67. The van der Waals surface area contributed by atoms with Crippen LogP contribution in [0.15, 0.2) is 65.9 Å². The number of nitrogens with one attached hydrogen (secondary N) is 1. The minimum Gasteiger partial charge on any atom is -0.366 e. The Hall–Kier alpha value is -2.55. The van der Waals surface area contributed by atoms with Crippen molar-refractivity contribution >= 4 is 11.5 Å². The zero-order valence-electron chi connectivity index (χ0n) is 14.0. The molecule has 3 heteroatoms. The van der Waals surface area contributed by atoms with Crippen molar-refractivity contribution in [3.63, 3.8) is 0 Å². The van der Waals surface area contributed by atoms with Crippen molar-refractivity contribution in [2.24, 2.45) is 10.9 Å². The van der Waals surface area contributed by atoms with Crippen molar-refractivity contribution in [2.45, 2.75) is 31.8 Å². The summed E-state index contributed by atoms with van der Waals surface area (Å²) >= 11 is 0. The summed E-state index contributed by atoms with van der Waals surface area (Å²) in [6.45, 7) is 4.73. The summed E-state index contributed by atoms with van der Waals surface area (Å²) in [6.07, 6.45) is 5.55. The lowest BCUT2D eigenvalue weighted by Crippen LogP contribution is -2.36. The van der Waals surface area contributed by atoms with Crippen molar-refractivity contribution in [1.29, 1.82) is 0 Å². The lowest BCUT2D eigenvalue weighted by Gasteiger charge is -2.34. The van der Waals surface area contributed by atoms with Crippen LogP contribution in [0.4, 0.5) is 5.69 Å². The molecule has 0 saturated heterocycles. The molecule has 0 radical (unpaired) electrons. The molecule has 24 heavy (non-hydrogen) atoms. The molecule has 2 aliphatic heterocycles. The Labute approximate surface area is 142 Å². The van der Waals surface area contributed by atoms with Crippen molar-refractivity contribution in [2.75, 3.05) is 0 Å². The number of fused-ring (bicyclic) bond motifs is 3. The second kappa shape index (κ2) is 4.73. The van der Waals surface area contributed by atoms with Crippen molar-refractivity contribution in [3.8, 4) is 0 Å². The Morgan fingerprint density at radius 2 is 1.92 bits per heavy atom. The van der Waals surface area contributed by atoms with E-state index in [-0.39, 0.29) is 6.17 Å². The van der Waals surface area contributed by atoms with E-state index in [2.05, 4.69) is 72.7 Å². The number of rotatable bonds is 2. The van der Waals surface area contributed by atoms with E-state index >= 15 is 0 Å². The molecule has 0 spiro atoms. The van der Waals surface area contributed by atoms with Crippen LogP contribution in [-0.2, 0) is 5.41 Å². The largest absolute Gasteiger partial charge is 0.366 e. The molecule has 2 heterocycles. The molecule has 1 aliphatic carbocycles. The predicted molar refractivity (Wildman–Crippen MR) is 97.1 cm³/mol. The summed E-state index contributed by atoms with van der Waals surface area (Å²) in [4.78, 5) is 7.30. The minimum atomic E-state index is 0.147. The fourth-order valence-electron chi connectivity index (χ4n) is 4.16. The first-order valence-electron chi connectivity index (χ1n) is 8.67. The van der Waals surface area contributed by atoms with E-state index in [0.29, 0.717) is 5.41 Å². The quantitative estimate of drug-likeness (QED) is 0.886. The number of benzene rings is 2. The molecule has 0 amide bonds. The summed E-state index contributed by atoms with van der Waals surface area (Å²) in [6, 6.07) is 17.0. The Kier molecular flexibility index (Phi) is 2.73. The summed E-state index contributed by atoms with van der Waals surface area (Å²) in [7, 11) is 0. The van der Waals surface area contributed by atoms with Crippen LogP contribution in [0.5, 0.6) is 0 Å². The van der Waals surface area contributed by atoms with Gasteiger partial charge in [0.05, 0.1) is 5.69 Å². The van der Waals surface area contributed by atoms with Gasteiger partial charge in [-0.2, -0.15) is 0 Å². The lowest BCUT2D eigenvalue weighted by molar-refractivity contribution is 0.401. The van der Waals surface area contributed by atoms with E-state index in [1.807, 2.05) is 12.3 Å². The molecular weight excluding hydrogens is 294 g/mol. The molecule has 5 rings (SSSR count). The average Bonchev–Trinajstić information content (AvgIpc) is 3.01. The van der Waals surface area contributed by atoms with E-state index in [0.717, 1.165) is 23.0 Å². The van der Waals surface area contributed by atoms with E-state index in [1.54, 1.807) is 0 Å². The van der Waals surface area contributed by atoms with Crippen LogP contribution in [0, 0.1) is 5.92 Å². The smallest absolute Gasteiger partial charge is 0.142 e. The Morgan fingerprint density at radius 3 is 2.67 bits per heavy atom. The van der Waals surface area contributed by atoms with Crippen molar-refractivity contribution < 1.29 is 0 Å². The van der Waals surface area contributed by atoms with Gasteiger partial charge in [-0.15, -0.1) is 0 Å². The number of nitrogens with zero attached hydrogens (tertiary/aromatic N) is 2. The highest BCUT2D eigenvalue weighted by atomic mass is 15.3. The van der Waals surface area contributed by atoms with E-state index in [1.165, 1.54) is 17.5 Å². The van der Waals surface area contributed by atoms with Crippen molar-refractivity contribution in [3.05, 3.63) is 77.6 Å². The normalized spacial score (nSPS) is 29.6. The molecule has 1 N–H and O–H groups in total. The molecule has 1 saturated carbocycles. The van der Waals surface area contributed by atoms with Gasteiger partial charge in [-0.3, -0.25) is 0 Å². The van der Waals surface area contributed by atoms with Gasteiger partial charge in [0.15, 0.2) is 0 Å². The maximum atomic E-state index is 5.04. The zero-order valence-corrected chi connectivity index (χ0v) is 14.0. The third-order valence-electron chi connectivity index (χ3n) is 5.90. The molecule has 120 valence electrons. The first-order chi connectivity index (χ1) is 11.7. The molecule has 1 fully saturated rings. The SMILES string of the molecule is C[C@H]1CC1(C)c1cccc2c1C1NC=CN1C(c1ccccc1)=N2. The Morgan fingerprint density at radius 1 is 1.12 bits per heavy atom. The zero-order chi connectivity index (χ0) is 16.3. The number of aliphatic imine (C=N–C) groups is 1. The van der Waals surface area contributed by atoms with Gasteiger partial charge < -0.3 is 10.2 Å². The Balaban J connectivity index is 1.71. The molecule has 2 unspecified atom stereocenters. The number of amidine groups is 1. The minimum absolute atomic E-state index is 0.147. The topological polar surface area (TPSA) is 27.6 Å². The van der Waals surface area contributed by atoms with Gasteiger partial charge in [0, 0.05) is 23.5 Å². The number of hydrogen-bond acceptors (Lipinski definition) is 3. The second-order valence-corrected chi connectivity index (χ2v) is 7.35. The lowest BCUT2D eigenvalue weighted by atomic mass is 9.88. The van der Waals surface area contributed by atoms with Gasteiger partial charge in [0.25, 0.3) is 0 Å². The molecule has 3 nitrogen and oxygen atoms in total. The summed E-state index contributed by atoms with van der Waals surface area (Å²) in [5.41, 5.74) is 5.34. The highest BCUT2D eigenvalue weighted by Crippen LogP contribution is 2.57. The fourth-order valence-corrected chi connectivity index (χ4v) is 4.16. The monoisotopic (exact) mass is 315 g/mol. The third kappa shape index (κ3) is 1.81. The average molecular weight is 315 g/mol. The van der Waals surface area contributed by atoms with E-state index in [9.17, 15) is 0 Å². The van der Waals surface area contributed by atoms with E-state index in [4.69, 9.17) is 4.99 Å². The molecule has 3 atom stereocenters. The number of hydrogen-bond donors (Lipinski definition) is 1. The van der Waals surface area contributed by atoms with Gasteiger partial charge in [0.2, 0.25) is 0 Å². The van der Waals surface area contributed by atoms with Gasteiger partial charge in [-0.05, 0) is 29.4 Å². The summed E-state index contributed by atoms with van der Waals surface area (Å²) in [5.74, 6) is 1.76. The fraction of sp³-hybridized carbons (Fsp3) is 0.286. The molecular formula is C21H21N3. The van der Waals surface area contributed by atoms with Crippen LogP contribution >= 0.6 is 0 Å². The maximum absolute atomic E-state index is 5.04. The van der Waals surface area contributed by atoms with Crippen LogP contribution in [0.2, 0.25) is 0 Å². The Bertz CT molecular complexity index is 868. The molecule has 2 aromatic rings. The third-order valence-corrected chi connectivity index (χ3v) is 5.90. The molecule has 0 bridgehead atoms. The van der Waals surface area contributed by atoms with Gasteiger partial charge in [-0.1, -0.05) is 56.3 Å². The van der Waals surface area contributed by atoms with E-state index < -0.39 is 0 Å². The van der Waals surface area contributed by atoms with Crippen LogP contribution in [0.1, 0.15) is 43.1 Å². The van der Waals surface area contributed by atoms with Crippen LogP contribution in [0.3, 0.4) is 0 Å². The summed E-state index contributed by atoms with van der Waals surface area (Å²) < 4.78 is 0. The van der Waals surface area contributed by atoms with Gasteiger partial charge in [-0.25, -0.2) is 4.99 Å². The highest BCUT2D eigenvalue weighted by Gasteiger charge is 2.50. The summed E-state index contributed by atoms with van der Waals surface area (Å²) in [5, 5.41) is 3.53. The second-order valence-electron chi connectivity index (χ2n) is 7.35. The standard InChI is InChI=1S/C21H21N3/c1-14-13-21(14,2)16-9-6-10-17-18(16)20-22-11-12-24(20)19(23-17)15-7-4-3-5-8-15/h3-12,14,20,22H,13H2,1-2H3/t14-,20?,21?/m0/s1. The molecule has 2 aromatic carbocycles. The van der Waals surface area contributed by atoms with Crippen molar-refractivity contribution in [1.82, 2.24) is 10.2 Å². The van der Waals surface area contributed by atoms with Crippen LogP contribution < -0.4 is 5.32 Å².